The van der Waals surface area contributed by atoms with Gasteiger partial charge in [0.05, 0.1) is 0 Å². The standard InChI is InChI=1S/C13H10OS/c14-9-1-3-11-5-7-12(8-6-11)13-4-2-10-15-13/h1-10H/b3-1+. The van der Waals surface area contributed by atoms with Gasteiger partial charge in [-0.2, -0.15) is 0 Å². The second-order valence-corrected chi connectivity index (χ2v) is 4.04. The highest BCUT2D eigenvalue weighted by Gasteiger charge is 1.96. The van der Waals surface area contributed by atoms with Gasteiger partial charge in [-0.05, 0) is 28.6 Å². The van der Waals surface area contributed by atoms with Crippen LogP contribution in [-0.2, 0) is 4.79 Å². The van der Waals surface area contributed by atoms with Crippen molar-refractivity contribution in [3.8, 4) is 10.4 Å². The number of hydrogen-bond acceptors (Lipinski definition) is 2. The normalized spacial score (nSPS) is 10.7. The van der Waals surface area contributed by atoms with Gasteiger partial charge in [0.25, 0.3) is 0 Å². The highest BCUT2D eigenvalue weighted by Crippen LogP contribution is 2.24. The topological polar surface area (TPSA) is 17.1 Å². The van der Waals surface area contributed by atoms with Crippen molar-refractivity contribution in [2.75, 3.05) is 0 Å². The number of thiophene rings is 1. The van der Waals surface area contributed by atoms with Crippen LogP contribution in [0.15, 0.2) is 47.9 Å². The fourth-order valence-corrected chi connectivity index (χ4v) is 2.08. The summed E-state index contributed by atoms with van der Waals surface area (Å²) in [6, 6.07) is 12.3. The first-order valence-electron chi connectivity index (χ1n) is 4.66. The van der Waals surface area contributed by atoms with Crippen LogP contribution in [0.2, 0.25) is 0 Å². The van der Waals surface area contributed by atoms with E-state index in [-0.39, 0.29) is 0 Å². The third-order valence-electron chi connectivity index (χ3n) is 2.08. The molecule has 15 heavy (non-hydrogen) atoms. The quantitative estimate of drug-likeness (QED) is 0.563. The van der Waals surface area contributed by atoms with Gasteiger partial charge in [0.15, 0.2) is 0 Å². The average Bonchev–Trinajstić information content (AvgIpc) is 2.80. The molecule has 2 aromatic rings. The summed E-state index contributed by atoms with van der Waals surface area (Å²) >= 11 is 1.73. The minimum atomic E-state index is 0.785. The largest absolute Gasteiger partial charge is 0.299 e. The van der Waals surface area contributed by atoms with E-state index in [0.29, 0.717) is 0 Å². The number of aldehydes is 1. The van der Waals surface area contributed by atoms with Crippen molar-refractivity contribution in [2.45, 2.75) is 0 Å². The zero-order valence-electron chi connectivity index (χ0n) is 8.09. The van der Waals surface area contributed by atoms with E-state index >= 15 is 0 Å². The van der Waals surface area contributed by atoms with Crippen molar-refractivity contribution in [2.24, 2.45) is 0 Å². The number of allylic oxidation sites excluding steroid dienone is 1. The molecular weight excluding hydrogens is 204 g/mol. The van der Waals surface area contributed by atoms with Crippen LogP contribution in [0.1, 0.15) is 5.56 Å². The molecule has 2 rings (SSSR count). The van der Waals surface area contributed by atoms with Crippen molar-refractivity contribution in [1.82, 2.24) is 0 Å². The van der Waals surface area contributed by atoms with Crippen molar-refractivity contribution >= 4 is 23.7 Å². The van der Waals surface area contributed by atoms with Crippen molar-refractivity contribution in [1.29, 1.82) is 0 Å². The Hall–Kier alpha value is -1.67. The molecule has 1 nitrogen and oxygen atoms in total. The number of benzene rings is 1. The lowest BCUT2D eigenvalue weighted by molar-refractivity contribution is -0.104. The SMILES string of the molecule is O=C/C=C/c1ccc(-c2cccs2)cc1. The van der Waals surface area contributed by atoms with Crippen LogP contribution < -0.4 is 0 Å². The summed E-state index contributed by atoms with van der Waals surface area (Å²) in [6.07, 6.45) is 4.08. The van der Waals surface area contributed by atoms with Gasteiger partial charge >= 0.3 is 0 Å². The van der Waals surface area contributed by atoms with E-state index in [4.69, 9.17) is 0 Å². The molecule has 0 bridgehead atoms. The Morgan fingerprint density at radius 2 is 1.87 bits per heavy atom. The Balaban J connectivity index is 2.24. The molecule has 2 heteroatoms. The molecule has 0 amide bonds. The van der Waals surface area contributed by atoms with Gasteiger partial charge in [-0.1, -0.05) is 36.4 Å². The Morgan fingerprint density at radius 3 is 2.47 bits per heavy atom. The predicted molar refractivity (Wildman–Crippen MR) is 64.9 cm³/mol. The number of hydrogen-bond donors (Lipinski definition) is 0. The second kappa shape index (κ2) is 4.71. The van der Waals surface area contributed by atoms with Gasteiger partial charge in [-0.25, -0.2) is 0 Å². The minimum absolute atomic E-state index is 0.785. The van der Waals surface area contributed by atoms with Crippen molar-refractivity contribution in [3.63, 3.8) is 0 Å². The monoisotopic (exact) mass is 214 g/mol. The predicted octanol–water partition coefficient (Wildman–Crippen LogP) is 3.63. The van der Waals surface area contributed by atoms with Gasteiger partial charge in [-0.3, -0.25) is 4.79 Å². The molecule has 74 valence electrons. The van der Waals surface area contributed by atoms with Crippen LogP contribution in [0.3, 0.4) is 0 Å². The van der Waals surface area contributed by atoms with Gasteiger partial charge in [0.1, 0.15) is 6.29 Å². The molecule has 0 spiro atoms. The zero-order chi connectivity index (χ0) is 10.5. The van der Waals surface area contributed by atoms with Gasteiger partial charge < -0.3 is 0 Å². The third kappa shape index (κ3) is 2.42. The molecule has 0 saturated carbocycles. The third-order valence-corrected chi connectivity index (χ3v) is 3.00. The van der Waals surface area contributed by atoms with Crippen LogP contribution in [0.25, 0.3) is 16.5 Å². The van der Waals surface area contributed by atoms with E-state index < -0.39 is 0 Å². The van der Waals surface area contributed by atoms with Crippen molar-refractivity contribution in [3.05, 3.63) is 53.4 Å². The van der Waals surface area contributed by atoms with E-state index in [1.54, 1.807) is 17.4 Å². The molecule has 0 aliphatic rings. The average molecular weight is 214 g/mol. The van der Waals surface area contributed by atoms with E-state index in [1.165, 1.54) is 16.5 Å². The lowest BCUT2D eigenvalue weighted by Crippen LogP contribution is -1.74. The smallest absolute Gasteiger partial charge is 0.142 e. The lowest BCUT2D eigenvalue weighted by atomic mass is 10.1. The molecular formula is C13H10OS. The Kier molecular flexibility index (Phi) is 3.10. The summed E-state index contributed by atoms with van der Waals surface area (Å²) in [5.74, 6) is 0. The Bertz CT molecular complexity index is 452. The van der Waals surface area contributed by atoms with Crippen LogP contribution in [-0.4, -0.2) is 6.29 Å². The number of carbonyl (C=O) groups is 1. The molecule has 0 saturated heterocycles. The molecule has 0 radical (unpaired) electrons. The maximum absolute atomic E-state index is 10.1. The fraction of sp³-hybridized carbons (Fsp3) is 0. The molecule has 0 N–H and O–H groups in total. The summed E-state index contributed by atoms with van der Waals surface area (Å²) in [5, 5.41) is 2.07. The zero-order valence-corrected chi connectivity index (χ0v) is 8.91. The molecule has 0 fully saturated rings. The molecule has 1 heterocycles. The van der Waals surface area contributed by atoms with E-state index in [9.17, 15) is 4.79 Å². The first-order chi connectivity index (χ1) is 7.40. The summed E-state index contributed by atoms with van der Waals surface area (Å²) in [5.41, 5.74) is 2.26. The van der Waals surface area contributed by atoms with Gasteiger partial charge in [-0.15, -0.1) is 11.3 Å². The van der Waals surface area contributed by atoms with Gasteiger partial charge in [0.2, 0.25) is 0 Å². The van der Waals surface area contributed by atoms with Crippen LogP contribution in [0.5, 0.6) is 0 Å². The summed E-state index contributed by atoms with van der Waals surface area (Å²) < 4.78 is 0. The summed E-state index contributed by atoms with van der Waals surface area (Å²) in [7, 11) is 0. The first-order valence-corrected chi connectivity index (χ1v) is 5.54. The van der Waals surface area contributed by atoms with Gasteiger partial charge in [0, 0.05) is 4.88 Å². The minimum Gasteiger partial charge on any atom is -0.299 e. The first kappa shape index (κ1) is 9.87. The maximum Gasteiger partial charge on any atom is 0.142 e. The van der Waals surface area contributed by atoms with E-state index in [2.05, 4.69) is 23.6 Å². The summed E-state index contributed by atoms with van der Waals surface area (Å²) in [6.45, 7) is 0. The molecule has 0 aliphatic carbocycles. The molecule has 0 atom stereocenters. The molecule has 0 aliphatic heterocycles. The van der Waals surface area contributed by atoms with Crippen LogP contribution in [0.4, 0.5) is 0 Å². The van der Waals surface area contributed by atoms with Crippen LogP contribution >= 0.6 is 11.3 Å². The Labute approximate surface area is 92.7 Å². The van der Waals surface area contributed by atoms with E-state index in [1.807, 2.05) is 18.2 Å². The number of carbonyl (C=O) groups excluding carboxylic acids is 1. The van der Waals surface area contributed by atoms with Crippen molar-refractivity contribution < 1.29 is 4.79 Å². The molecule has 0 unspecified atom stereocenters. The molecule has 1 aromatic heterocycles. The second-order valence-electron chi connectivity index (χ2n) is 3.09. The van der Waals surface area contributed by atoms with E-state index in [0.717, 1.165) is 11.8 Å². The highest BCUT2D eigenvalue weighted by molar-refractivity contribution is 7.13. The highest BCUT2D eigenvalue weighted by atomic mass is 32.1. The van der Waals surface area contributed by atoms with Crippen LogP contribution in [0, 0.1) is 0 Å². The lowest BCUT2D eigenvalue weighted by Gasteiger charge is -1.97. The molecule has 1 aromatic carbocycles. The Morgan fingerprint density at radius 1 is 1.07 bits per heavy atom. The fourth-order valence-electron chi connectivity index (χ4n) is 1.35. The summed E-state index contributed by atoms with van der Waals surface area (Å²) in [4.78, 5) is 11.4. The maximum atomic E-state index is 10.1. The number of rotatable bonds is 3.